The molecule has 0 fully saturated rings. The maximum absolute atomic E-state index is 10.1. The molecule has 0 heterocycles. The zero-order chi connectivity index (χ0) is 10.4. The zero-order valence-electron chi connectivity index (χ0n) is 8.33. The Morgan fingerprint density at radius 1 is 1.43 bits per heavy atom. The summed E-state index contributed by atoms with van der Waals surface area (Å²) in [6.07, 6.45) is 1.07. The molecule has 2 nitrogen and oxygen atoms in total. The second kappa shape index (κ2) is 5.08. The van der Waals surface area contributed by atoms with E-state index in [9.17, 15) is 4.79 Å². The van der Waals surface area contributed by atoms with E-state index in [1.165, 1.54) is 0 Å². The van der Waals surface area contributed by atoms with Crippen LogP contribution in [0, 0.1) is 18.8 Å². The molecule has 0 aliphatic heterocycles. The lowest BCUT2D eigenvalue weighted by Crippen LogP contribution is -1.85. The molecule has 0 N–H and O–H groups in total. The van der Waals surface area contributed by atoms with Gasteiger partial charge in [-0.15, -0.1) is 0 Å². The molecule has 1 aromatic carbocycles. The third-order valence-electron chi connectivity index (χ3n) is 1.70. The minimum Gasteiger partial charge on any atom is -0.497 e. The molecule has 0 saturated heterocycles. The third kappa shape index (κ3) is 2.95. The van der Waals surface area contributed by atoms with Crippen LogP contribution >= 0.6 is 0 Å². The van der Waals surface area contributed by atoms with Gasteiger partial charge in [-0.05, 0) is 30.7 Å². The number of aldehydes is 1. The molecule has 0 aliphatic carbocycles. The van der Waals surface area contributed by atoms with Crippen molar-refractivity contribution in [2.45, 2.75) is 13.3 Å². The minimum absolute atomic E-state index is 0.274. The molecule has 0 saturated carbocycles. The quantitative estimate of drug-likeness (QED) is 0.523. The van der Waals surface area contributed by atoms with Gasteiger partial charge in [0.15, 0.2) is 0 Å². The summed E-state index contributed by atoms with van der Waals surface area (Å²) in [6, 6.07) is 5.75. The van der Waals surface area contributed by atoms with Gasteiger partial charge in [-0.2, -0.15) is 0 Å². The lowest BCUT2D eigenvalue weighted by Gasteiger charge is -2.01. The summed E-state index contributed by atoms with van der Waals surface area (Å²) in [5, 5.41) is 0. The van der Waals surface area contributed by atoms with E-state index in [1.807, 2.05) is 25.1 Å². The number of benzene rings is 1. The first kappa shape index (κ1) is 10.3. The zero-order valence-corrected chi connectivity index (χ0v) is 8.33. The second-order valence-corrected chi connectivity index (χ2v) is 2.91. The highest BCUT2D eigenvalue weighted by molar-refractivity contribution is 5.55. The van der Waals surface area contributed by atoms with Crippen LogP contribution in [0.5, 0.6) is 5.75 Å². The Labute approximate surface area is 83.9 Å². The van der Waals surface area contributed by atoms with Gasteiger partial charge in [0.1, 0.15) is 12.0 Å². The van der Waals surface area contributed by atoms with Crippen molar-refractivity contribution in [3.05, 3.63) is 29.3 Å². The summed E-state index contributed by atoms with van der Waals surface area (Å²) in [5.74, 6) is 6.45. The van der Waals surface area contributed by atoms with Crippen molar-refractivity contribution in [1.29, 1.82) is 0 Å². The highest BCUT2D eigenvalue weighted by atomic mass is 16.5. The van der Waals surface area contributed by atoms with Gasteiger partial charge in [0.05, 0.1) is 13.5 Å². The van der Waals surface area contributed by atoms with Gasteiger partial charge in [-0.1, -0.05) is 11.8 Å². The first-order valence-corrected chi connectivity index (χ1v) is 4.34. The Bertz CT molecular complexity index is 383. The van der Waals surface area contributed by atoms with Crippen LogP contribution in [0.15, 0.2) is 18.2 Å². The van der Waals surface area contributed by atoms with Gasteiger partial charge in [-0.25, -0.2) is 0 Å². The maximum Gasteiger partial charge on any atom is 0.131 e. The molecule has 0 spiro atoms. The van der Waals surface area contributed by atoms with E-state index in [4.69, 9.17) is 4.74 Å². The molecule has 0 unspecified atom stereocenters. The maximum atomic E-state index is 10.1. The number of carbonyl (C=O) groups excluding carboxylic acids is 1. The second-order valence-electron chi connectivity index (χ2n) is 2.91. The van der Waals surface area contributed by atoms with Gasteiger partial charge in [0.25, 0.3) is 0 Å². The van der Waals surface area contributed by atoms with Crippen LogP contribution in [0.4, 0.5) is 0 Å². The van der Waals surface area contributed by atoms with E-state index >= 15 is 0 Å². The average Bonchev–Trinajstić information content (AvgIpc) is 2.17. The predicted octanol–water partition coefficient (Wildman–Crippen LogP) is 1.94. The number of carbonyl (C=O) groups is 1. The lowest BCUT2D eigenvalue weighted by molar-refractivity contribution is -0.107. The molecular weight excluding hydrogens is 176 g/mol. The molecule has 1 aromatic rings. The Morgan fingerprint density at radius 2 is 2.21 bits per heavy atom. The molecule has 0 bridgehead atoms. The fourth-order valence-corrected chi connectivity index (χ4v) is 1.13. The average molecular weight is 188 g/mol. The van der Waals surface area contributed by atoms with Crippen molar-refractivity contribution in [3.63, 3.8) is 0 Å². The highest BCUT2D eigenvalue weighted by Gasteiger charge is 1.95. The SMILES string of the molecule is COc1cc(C)cc(C#CCC=O)c1. The Balaban J connectivity index is 2.93. The predicted molar refractivity (Wildman–Crippen MR) is 55.3 cm³/mol. The van der Waals surface area contributed by atoms with E-state index in [2.05, 4.69) is 11.8 Å². The molecule has 0 aromatic heterocycles. The number of hydrogen-bond donors (Lipinski definition) is 0. The van der Waals surface area contributed by atoms with Crippen LogP contribution in [0.25, 0.3) is 0 Å². The molecule has 0 amide bonds. The van der Waals surface area contributed by atoms with E-state index in [1.54, 1.807) is 7.11 Å². The molecule has 0 atom stereocenters. The standard InChI is InChI=1S/C12H12O2/c1-10-7-11(5-3-4-6-13)9-12(8-10)14-2/h6-9H,4H2,1-2H3. The fraction of sp³-hybridized carbons (Fsp3) is 0.250. The number of aryl methyl sites for hydroxylation is 1. The lowest BCUT2D eigenvalue weighted by atomic mass is 10.1. The van der Waals surface area contributed by atoms with Crippen LogP contribution in [-0.4, -0.2) is 13.4 Å². The van der Waals surface area contributed by atoms with Crippen molar-refractivity contribution in [2.24, 2.45) is 0 Å². The molecule has 0 radical (unpaired) electrons. The normalized spacial score (nSPS) is 8.71. The van der Waals surface area contributed by atoms with Crippen molar-refractivity contribution < 1.29 is 9.53 Å². The van der Waals surface area contributed by atoms with Crippen LogP contribution < -0.4 is 4.74 Å². The monoisotopic (exact) mass is 188 g/mol. The molecule has 14 heavy (non-hydrogen) atoms. The summed E-state index contributed by atoms with van der Waals surface area (Å²) in [7, 11) is 1.62. The number of methoxy groups -OCH3 is 1. The number of rotatable bonds is 2. The molecule has 72 valence electrons. The van der Waals surface area contributed by atoms with Crippen LogP contribution in [0.2, 0.25) is 0 Å². The van der Waals surface area contributed by atoms with Crippen molar-refractivity contribution in [3.8, 4) is 17.6 Å². The van der Waals surface area contributed by atoms with E-state index in [0.717, 1.165) is 23.2 Å². The van der Waals surface area contributed by atoms with Crippen LogP contribution in [-0.2, 0) is 4.79 Å². The van der Waals surface area contributed by atoms with Gasteiger partial charge in [0.2, 0.25) is 0 Å². The van der Waals surface area contributed by atoms with Crippen molar-refractivity contribution >= 4 is 6.29 Å². The summed E-state index contributed by atoms with van der Waals surface area (Å²) < 4.78 is 5.10. The van der Waals surface area contributed by atoms with Crippen LogP contribution in [0.3, 0.4) is 0 Å². The van der Waals surface area contributed by atoms with Gasteiger partial charge in [0, 0.05) is 5.56 Å². The Morgan fingerprint density at radius 3 is 2.86 bits per heavy atom. The highest BCUT2D eigenvalue weighted by Crippen LogP contribution is 2.15. The summed E-state index contributed by atoms with van der Waals surface area (Å²) in [5.41, 5.74) is 1.98. The fourth-order valence-electron chi connectivity index (χ4n) is 1.13. The molecule has 2 heteroatoms. The Kier molecular flexibility index (Phi) is 3.75. The summed E-state index contributed by atoms with van der Waals surface area (Å²) in [6.45, 7) is 1.98. The van der Waals surface area contributed by atoms with Crippen molar-refractivity contribution in [2.75, 3.05) is 7.11 Å². The molecule has 0 aliphatic rings. The third-order valence-corrected chi connectivity index (χ3v) is 1.70. The molecule has 1 rings (SSSR count). The first-order valence-electron chi connectivity index (χ1n) is 4.34. The smallest absolute Gasteiger partial charge is 0.131 e. The number of hydrogen-bond acceptors (Lipinski definition) is 2. The largest absolute Gasteiger partial charge is 0.497 e. The molecular formula is C12H12O2. The first-order chi connectivity index (χ1) is 6.76. The number of ether oxygens (including phenoxy) is 1. The van der Waals surface area contributed by atoms with Gasteiger partial charge < -0.3 is 9.53 Å². The Hall–Kier alpha value is -1.75. The van der Waals surface area contributed by atoms with E-state index in [-0.39, 0.29) is 6.42 Å². The topological polar surface area (TPSA) is 26.3 Å². The van der Waals surface area contributed by atoms with Gasteiger partial charge >= 0.3 is 0 Å². The van der Waals surface area contributed by atoms with Gasteiger partial charge in [-0.3, -0.25) is 0 Å². The summed E-state index contributed by atoms with van der Waals surface area (Å²) >= 11 is 0. The summed E-state index contributed by atoms with van der Waals surface area (Å²) in [4.78, 5) is 10.1. The minimum atomic E-state index is 0.274. The van der Waals surface area contributed by atoms with E-state index < -0.39 is 0 Å². The van der Waals surface area contributed by atoms with Crippen molar-refractivity contribution in [1.82, 2.24) is 0 Å². The van der Waals surface area contributed by atoms with E-state index in [0.29, 0.717) is 0 Å². The van der Waals surface area contributed by atoms with Crippen LogP contribution in [0.1, 0.15) is 17.5 Å².